The standard InChI is InChI=1S/C6H5F2IN2O3S/c7-5(8)3-4(9)2(12)1-11-6(3)15(10,13)14/h1,5,12H,(H2,10,13,14). The molecule has 0 amide bonds. The first-order valence-electron chi connectivity index (χ1n) is 3.43. The van der Waals surface area contributed by atoms with Crippen LogP contribution in [-0.4, -0.2) is 18.5 Å². The van der Waals surface area contributed by atoms with Gasteiger partial charge in [-0.2, -0.15) is 0 Å². The summed E-state index contributed by atoms with van der Waals surface area (Å²) in [5, 5.41) is 12.9. The van der Waals surface area contributed by atoms with Crippen LogP contribution in [0.2, 0.25) is 0 Å². The zero-order chi connectivity index (χ0) is 11.8. The molecule has 5 nitrogen and oxygen atoms in total. The van der Waals surface area contributed by atoms with E-state index >= 15 is 0 Å². The Hall–Kier alpha value is -0.550. The van der Waals surface area contributed by atoms with Crippen molar-refractivity contribution in [2.24, 2.45) is 5.14 Å². The maximum absolute atomic E-state index is 12.5. The highest BCUT2D eigenvalue weighted by atomic mass is 127. The molecule has 0 saturated heterocycles. The van der Waals surface area contributed by atoms with Gasteiger partial charge in [0.15, 0.2) is 5.03 Å². The van der Waals surface area contributed by atoms with E-state index in [1.807, 2.05) is 0 Å². The van der Waals surface area contributed by atoms with Crippen LogP contribution in [-0.2, 0) is 10.0 Å². The third-order valence-corrected chi connectivity index (χ3v) is 3.48. The Bertz CT molecular complexity index is 491. The SMILES string of the molecule is NS(=O)(=O)c1ncc(O)c(I)c1C(F)F. The van der Waals surface area contributed by atoms with Crippen LogP contribution in [0.1, 0.15) is 12.0 Å². The van der Waals surface area contributed by atoms with Crippen molar-refractivity contribution in [2.45, 2.75) is 11.5 Å². The molecule has 1 aromatic heterocycles. The number of nitrogens with zero attached hydrogens (tertiary/aromatic N) is 1. The van der Waals surface area contributed by atoms with Gasteiger partial charge in [-0.3, -0.25) is 0 Å². The van der Waals surface area contributed by atoms with E-state index in [-0.39, 0.29) is 3.57 Å². The lowest BCUT2D eigenvalue weighted by molar-refractivity contribution is 0.145. The molecule has 0 aliphatic rings. The lowest BCUT2D eigenvalue weighted by atomic mass is 10.3. The van der Waals surface area contributed by atoms with Gasteiger partial charge in [-0.25, -0.2) is 27.3 Å². The van der Waals surface area contributed by atoms with Gasteiger partial charge in [0.1, 0.15) is 5.75 Å². The van der Waals surface area contributed by atoms with Crippen molar-refractivity contribution in [1.29, 1.82) is 0 Å². The number of nitrogens with two attached hydrogens (primary N) is 1. The van der Waals surface area contributed by atoms with E-state index in [1.165, 1.54) is 22.6 Å². The van der Waals surface area contributed by atoms with E-state index in [4.69, 9.17) is 10.2 Å². The van der Waals surface area contributed by atoms with Crippen molar-refractivity contribution in [1.82, 2.24) is 4.98 Å². The molecule has 1 rings (SSSR count). The van der Waals surface area contributed by atoms with E-state index < -0.39 is 32.8 Å². The molecule has 1 heterocycles. The van der Waals surface area contributed by atoms with Crippen LogP contribution < -0.4 is 5.14 Å². The van der Waals surface area contributed by atoms with Crippen molar-refractivity contribution in [2.75, 3.05) is 0 Å². The van der Waals surface area contributed by atoms with Gasteiger partial charge in [-0.1, -0.05) is 0 Å². The first-order valence-corrected chi connectivity index (χ1v) is 6.06. The van der Waals surface area contributed by atoms with Gasteiger partial charge in [-0.05, 0) is 22.6 Å². The molecule has 0 bridgehead atoms. The molecular weight excluding hydrogens is 345 g/mol. The Kier molecular flexibility index (Phi) is 3.45. The number of hydrogen-bond donors (Lipinski definition) is 2. The molecule has 0 aliphatic heterocycles. The van der Waals surface area contributed by atoms with Crippen LogP contribution in [0.15, 0.2) is 11.2 Å². The number of aromatic nitrogens is 1. The van der Waals surface area contributed by atoms with E-state index in [0.717, 1.165) is 6.20 Å². The summed E-state index contributed by atoms with van der Waals surface area (Å²) in [4.78, 5) is 3.18. The fourth-order valence-electron chi connectivity index (χ4n) is 0.894. The molecule has 1 aromatic rings. The van der Waals surface area contributed by atoms with Crippen molar-refractivity contribution in [3.8, 4) is 5.75 Å². The lowest BCUT2D eigenvalue weighted by Crippen LogP contribution is -2.17. The Morgan fingerprint density at radius 2 is 2.07 bits per heavy atom. The topological polar surface area (TPSA) is 93.3 Å². The van der Waals surface area contributed by atoms with Gasteiger partial charge in [0, 0.05) is 0 Å². The summed E-state index contributed by atoms with van der Waals surface area (Å²) in [6.45, 7) is 0. The Morgan fingerprint density at radius 1 is 1.53 bits per heavy atom. The molecule has 9 heteroatoms. The number of halogens is 3. The molecule has 0 unspecified atom stereocenters. The second kappa shape index (κ2) is 4.14. The quantitative estimate of drug-likeness (QED) is 0.778. The second-order valence-corrected chi connectivity index (χ2v) is 5.08. The molecule has 15 heavy (non-hydrogen) atoms. The summed E-state index contributed by atoms with van der Waals surface area (Å²) in [7, 11) is -4.32. The molecule has 0 fully saturated rings. The summed E-state index contributed by atoms with van der Waals surface area (Å²) in [6.07, 6.45) is -2.32. The van der Waals surface area contributed by atoms with Gasteiger partial charge < -0.3 is 5.11 Å². The van der Waals surface area contributed by atoms with E-state index in [1.54, 1.807) is 0 Å². The summed E-state index contributed by atoms with van der Waals surface area (Å²) in [6, 6.07) is 0. The Morgan fingerprint density at radius 3 is 2.47 bits per heavy atom. The smallest absolute Gasteiger partial charge is 0.267 e. The number of hydrogen-bond acceptors (Lipinski definition) is 4. The maximum atomic E-state index is 12.5. The molecule has 0 spiro atoms. The Balaban J connectivity index is 3.62. The first-order chi connectivity index (χ1) is 6.75. The third kappa shape index (κ3) is 2.52. The highest BCUT2D eigenvalue weighted by Crippen LogP contribution is 2.33. The highest BCUT2D eigenvalue weighted by molar-refractivity contribution is 14.1. The number of aromatic hydroxyl groups is 1. The predicted octanol–water partition coefficient (Wildman–Crippen LogP) is 0.977. The first kappa shape index (κ1) is 12.5. The van der Waals surface area contributed by atoms with Crippen molar-refractivity contribution in [3.05, 3.63) is 15.3 Å². The van der Waals surface area contributed by atoms with Crippen molar-refractivity contribution < 1.29 is 22.3 Å². The summed E-state index contributed by atoms with van der Waals surface area (Å²) in [5.74, 6) is -0.515. The fourth-order valence-corrected chi connectivity index (χ4v) is 2.40. The molecular formula is C6H5F2IN2O3S. The largest absolute Gasteiger partial charge is 0.505 e. The van der Waals surface area contributed by atoms with Gasteiger partial charge >= 0.3 is 0 Å². The zero-order valence-electron chi connectivity index (χ0n) is 6.99. The van der Waals surface area contributed by atoms with Gasteiger partial charge in [-0.15, -0.1) is 0 Å². The predicted molar refractivity (Wildman–Crippen MR) is 54.9 cm³/mol. The van der Waals surface area contributed by atoms with Crippen LogP contribution in [0.25, 0.3) is 0 Å². The van der Waals surface area contributed by atoms with E-state index in [2.05, 4.69) is 4.98 Å². The van der Waals surface area contributed by atoms with Crippen LogP contribution in [0.4, 0.5) is 8.78 Å². The van der Waals surface area contributed by atoms with Gasteiger partial charge in [0.05, 0.1) is 15.3 Å². The van der Waals surface area contributed by atoms with E-state index in [9.17, 15) is 17.2 Å². The zero-order valence-corrected chi connectivity index (χ0v) is 9.96. The molecule has 0 radical (unpaired) electrons. The van der Waals surface area contributed by atoms with Crippen molar-refractivity contribution in [3.63, 3.8) is 0 Å². The molecule has 3 N–H and O–H groups in total. The minimum absolute atomic E-state index is 0.276. The lowest BCUT2D eigenvalue weighted by Gasteiger charge is -2.08. The monoisotopic (exact) mass is 350 g/mol. The Labute approximate surface area is 97.5 Å². The molecule has 0 aliphatic carbocycles. The van der Waals surface area contributed by atoms with Crippen LogP contribution in [0.5, 0.6) is 5.75 Å². The summed E-state index contributed by atoms with van der Waals surface area (Å²) < 4.78 is 46.6. The van der Waals surface area contributed by atoms with Gasteiger partial charge in [0.25, 0.3) is 16.4 Å². The van der Waals surface area contributed by atoms with Crippen molar-refractivity contribution >= 4 is 32.6 Å². The second-order valence-electron chi connectivity index (χ2n) is 2.52. The average Bonchev–Trinajstić information content (AvgIpc) is 2.06. The number of pyridine rings is 1. The van der Waals surface area contributed by atoms with E-state index in [0.29, 0.717) is 0 Å². The van der Waals surface area contributed by atoms with Crippen LogP contribution in [0.3, 0.4) is 0 Å². The summed E-state index contributed by atoms with van der Waals surface area (Å²) in [5.41, 5.74) is -0.877. The average molecular weight is 350 g/mol. The minimum atomic E-state index is -4.32. The molecule has 0 saturated carbocycles. The number of sulfonamides is 1. The molecule has 0 aromatic carbocycles. The third-order valence-electron chi connectivity index (χ3n) is 1.48. The number of alkyl halides is 2. The van der Waals surface area contributed by atoms with Crippen LogP contribution >= 0.6 is 22.6 Å². The fraction of sp³-hybridized carbons (Fsp3) is 0.167. The molecule has 84 valence electrons. The molecule has 0 atom stereocenters. The number of rotatable bonds is 2. The minimum Gasteiger partial charge on any atom is -0.505 e. The normalized spacial score (nSPS) is 12.1. The van der Waals surface area contributed by atoms with Gasteiger partial charge in [0.2, 0.25) is 0 Å². The number of primary sulfonamides is 1. The summed E-state index contributed by atoms with van der Waals surface area (Å²) >= 11 is 1.40. The van der Waals surface area contributed by atoms with Crippen LogP contribution in [0, 0.1) is 3.57 Å². The highest BCUT2D eigenvalue weighted by Gasteiger charge is 2.26. The maximum Gasteiger partial charge on any atom is 0.267 e.